The number of benzene rings is 3. The van der Waals surface area contributed by atoms with Gasteiger partial charge in [0.25, 0.3) is 15.9 Å². The Hall–Kier alpha value is -2.87. The number of anilines is 1. The standard InChI is InChI=1S/C26H26ClN3O3S/c1-28-15-16-29(24(18-28)19-7-3-2-4-8-19)26(31)21-11-12-22(27)25(17-21)34(32,33)30-14-13-20-9-5-6-10-23(20)30/h2-12,17,24H,13-16,18H2,1H3. The number of fused-ring (bicyclic) bond motifs is 1. The summed E-state index contributed by atoms with van der Waals surface area (Å²) in [6, 6.07) is 21.8. The highest BCUT2D eigenvalue weighted by Crippen LogP contribution is 2.36. The maximum Gasteiger partial charge on any atom is 0.265 e. The number of carbonyl (C=O) groups excluding carboxylic acids is 1. The van der Waals surface area contributed by atoms with E-state index in [2.05, 4.69) is 4.90 Å². The van der Waals surface area contributed by atoms with Crippen LogP contribution in [0.5, 0.6) is 0 Å². The Kier molecular flexibility index (Phi) is 6.10. The van der Waals surface area contributed by atoms with Crippen LogP contribution < -0.4 is 4.31 Å². The van der Waals surface area contributed by atoms with Crippen LogP contribution in [0.1, 0.15) is 27.5 Å². The number of sulfonamides is 1. The molecule has 0 radical (unpaired) electrons. The molecule has 1 atom stereocenters. The molecule has 3 aromatic rings. The molecule has 0 saturated carbocycles. The van der Waals surface area contributed by atoms with Crippen molar-refractivity contribution >= 4 is 33.2 Å². The van der Waals surface area contributed by atoms with E-state index >= 15 is 0 Å². The number of nitrogens with zero attached hydrogens (tertiary/aromatic N) is 3. The first kappa shape index (κ1) is 22.9. The fourth-order valence-corrected chi connectivity index (χ4v) is 6.81. The molecule has 6 nitrogen and oxygen atoms in total. The highest BCUT2D eigenvalue weighted by molar-refractivity contribution is 7.93. The van der Waals surface area contributed by atoms with Gasteiger partial charge in [0, 0.05) is 31.7 Å². The fourth-order valence-electron chi connectivity index (χ4n) is 4.80. The predicted molar refractivity (Wildman–Crippen MR) is 134 cm³/mol. The summed E-state index contributed by atoms with van der Waals surface area (Å²) in [5.41, 5.74) is 3.02. The maximum atomic E-state index is 13.7. The van der Waals surface area contributed by atoms with Crippen LogP contribution in [0.4, 0.5) is 5.69 Å². The van der Waals surface area contributed by atoms with Crippen LogP contribution >= 0.6 is 11.6 Å². The number of amides is 1. The zero-order valence-electron chi connectivity index (χ0n) is 18.9. The Balaban J connectivity index is 1.49. The second-order valence-corrected chi connectivity index (χ2v) is 11.0. The second-order valence-electron chi connectivity index (χ2n) is 8.79. The minimum Gasteiger partial charge on any atom is -0.329 e. The fraction of sp³-hybridized carbons (Fsp3) is 0.269. The topological polar surface area (TPSA) is 60.9 Å². The molecule has 1 fully saturated rings. The molecule has 0 aliphatic carbocycles. The number of hydrogen-bond donors (Lipinski definition) is 0. The summed E-state index contributed by atoms with van der Waals surface area (Å²) < 4.78 is 28.6. The van der Waals surface area contributed by atoms with Crippen molar-refractivity contribution < 1.29 is 13.2 Å². The van der Waals surface area contributed by atoms with Gasteiger partial charge in [-0.2, -0.15) is 0 Å². The summed E-state index contributed by atoms with van der Waals surface area (Å²) in [4.78, 5) is 17.6. The van der Waals surface area contributed by atoms with Gasteiger partial charge in [-0.1, -0.05) is 60.1 Å². The van der Waals surface area contributed by atoms with Crippen molar-refractivity contribution in [2.75, 3.05) is 37.5 Å². The molecule has 1 saturated heterocycles. The van der Waals surface area contributed by atoms with Crippen LogP contribution in [0.15, 0.2) is 77.7 Å². The molecule has 2 aliphatic heterocycles. The first-order valence-corrected chi connectivity index (χ1v) is 13.1. The van der Waals surface area contributed by atoms with E-state index in [1.807, 2.05) is 60.5 Å². The third kappa shape index (κ3) is 4.08. The van der Waals surface area contributed by atoms with Gasteiger partial charge in [0.05, 0.1) is 16.8 Å². The van der Waals surface area contributed by atoms with Gasteiger partial charge in [-0.05, 0) is 48.9 Å². The smallest absolute Gasteiger partial charge is 0.265 e. The Morgan fingerprint density at radius 2 is 1.68 bits per heavy atom. The van der Waals surface area contributed by atoms with Gasteiger partial charge in [0.2, 0.25) is 0 Å². The molecule has 0 spiro atoms. The summed E-state index contributed by atoms with van der Waals surface area (Å²) in [6.07, 6.45) is 0.645. The van der Waals surface area contributed by atoms with E-state index in [1.54, 1.807) is 12.1 Å². The average molecular weight is 496 g/mol. The van der Waals surface area contributed by atoms with Gasteiger partial charge >= 0.3 is 0 Å². The van der Waals surface area contributed by atoms with Gasteiger partial charge in [-0.15, -0.1) is 0 Å². The van der Waals surface area contributed by atoms with E-state index in [0.29, 0.717) is 37.3 Å². The molecule has 1 unspecified atom stereocenters. The number of piperazine rings is 1. The van der Waals surface area contributed by atoms with Crippen LogP contribution in [-0.2, 0) is 16.4 Å². The third-order valence-electron chi connectivity index (χ3n) is 6.62. The van der Waals surface area contributed by atoms with Crippen molar-refractivity contribution in [3.63, 3.8) is 0 Å². The number of hydrogen-bond acceptors (Lipinski definition) is 4. The molecule has 2 heterocycles. The lowest BCUT2D eigenvalue weighted by atomic mass is 10.0. The van der Waals surface area contributed by atoms with Crippen LogP contribution in [0.25, 0.3) is 0 Å². The molecule has 8 heteroatoms. The van der Waals surface area contributed by atoms with Gasteiger partial charge in [-0.25, -0.2) is 8.42 Å². The molecule has 5 rings (SSSR count). The highest BCUT2D eigenvalue weighted by Gasteiger charge is 2.34. The molecular formula is C26H26ClN3O3S. The molecule has 0 bridgehead atoms. The lowest BCUT2D eigenvalue weighted by molar-refractivity contribution is 0.0498. The molecule has 2 aliphatic rings. The zero-order chi connectivity index (χ0) is 23.9. The summed E-state index contributed by atoms with van der Waals surface area (Å²) in [7, 11) is -1.88. The normalized spacial score (nSPS) is 18.7. The maximum absolute atomic E-state index is 13.7. The van der Waals surface area contributed by atoms with Crippen molar-refractivity contribution in [2.24, 2.45) is 0 Å². The Bertz CT molecular complexity index is 1330. The molecule has 0 aromatic heterocycles. The molecule has 34 heavy (non-hydrogen) atoms. The summed E-state index contributed by atoms with van der Waals surface area (Å²) in [5, 5.41) is 0.110. The van der Waals surface area contributed by atoms with E-state index < -0.39 is 10.0 Å². The van der Waals surface area contributed by atoms with E-state index in [9.17, 15) is 13.2 Å². The van der Waals surface area contributed by atoms with Gasteiger partial charge in [0.15, 0.2) is 0 Å². The Morgan fingerprint density at radius 3 is 2.47 bits per heavy atom. The minimum atomic E-state index is -3.92. The van der Waals surface area contributed by atoms with Crippen LogP contribution in [0, 0.1) is 0 Å². The number of likely N-dealkylation sites (N-methyl/N-ethyl adjacent to an activating group) is 1. The quantitative estimate of drug-likeness (QED) is 0.543. The van der Waals surface area contributed by atoms with Crippen molar-refractivity contribution in [1.82, 2.24) is 9.80 Å². The summed E-state index contributed by atoms with van der Waals surface area (Å²) in [6.45, 7) is 2.36. The van der Waals surface area contributed by atoms with E-state index in [-0.39, 0.29) is 21.9 Å². The molecule has 1 amide bonds. The first-order valence-electron chi connectivity index (χ1n) is 11.3. The summed E-state index contributed by atoms with van der Waals surface area (Å²) in [5.74, 6) is -0.197. The third-order valence-corrected chi connectivity index (χ3v) is 8.91. The highest BCUT2D eigenvalue weighted by atomic mass is 35.5. The number of rotatable bonds is 4. The minimum absolute atomic E-state index is 0.0397. The second kappa shape index (κ2) is 9.06. The van der Waals surface area contributed by atoms with Crippen LogP contribution in [0.3, 0.4) is 0 Å². The lowest BCUT2D eigenvalue weighted by Gasteiger charge is -2.40. The van der Waals surface area contributed by atoms with E-state index in [0.717, 1.165) is 17.7 Å². The van der Waals surface area contributed by atoms with E-state index in [4.69, 9.17) is 11.6 Å². The Morgan fingerprint density at radius 1 is 0.941 bits per heavy atom. The van der Waals surface area contributed by atoms with E-state index in [1.165, 1.54) is 16.4 Å². The summed E-state index contributed by atoms with van der Waals surface area (Å²) >= 11 is 6.38. The monoisotopic (exact) mass is 495 g/mol. The number of para-hydroxylation sites is 1. The molecule has 0 N–H and O–H groups in total. The number of carbonyl (C=O) groups is 1. The van der Waals surface area contributed by atoms with Crippen LogP contribution in [-0.4, -0.2) is 57.4 Å². The van der Waals surface area contributed by atoms with Crippen molar-refractivity contribution in [2.45, 2.75) is 17.4 Å². The van der Waals surface area contributed by atoms with Crippen molar-refractivity contribution in [1.29, 1.82) is 0 Å². The van der Waals surface area contributed by atoms with Gasteiger partial charge < -0.3 is 9.80 Å². The molecular weight excluding hydrogens is 470 g/mol. The molecule has 176 valence electrons. The zero-order valence-corrected chi connectivity index (χ0v) is 20.5. The van der Waals surface area contributed by atoms with Gasteiger partial charge in [0.1, 0.15) is 4.90 Å². The van der Waals surface area contributed by atoms with Gasteiger partial charge in [-0.3, -0.25) is 9.10 Å². The average Bonchev–Trinajstić information content (AvgIpc) is 3.29. The van der Waals surface area contributed by atoms with Crippen molar-refractivity contribution in [3.8, 4) is 0 Å². The van der Waals surface area contributed by atoms with Crippen molar-refractivity contribution in [3.05, 3.63) is 94.5 Å². The SMILES string of the molecule is CN1CCN(C(=O)c2ccc(Cl)c(S(=O)(=O)N3CCc4ccccc43)c2)C(c2ccccc2)C1. The first-order chi connectivity index (χ1) is 16.4. The lowest BCUT2D eigenvalue weighted by Crippen LogP contribution is -2.49. The van der Waals surface area contributed by atoms with Crippen LogP contribution in [0.2, 0.25) is 5.02 Å². The Labute approximate surface area is 205 Å². The predicted octanol–water partition coefficient (Wildman–Crippen LogP) is 4.22. The molecule has 3 aromatic carbocycles. The largest absolute Gasteiger partial charge is 0.329 e. The number of halogens is 1.